The fourth-order valence-electron chi connectivity index (χ4n) is 5.30. The van der Waals surface area contributed by atoms with E-state index in [1.54, 1.807) is 58.9 Å². The van der Waals surface area contributed by atoms with E-state index in [4.69, 9.17) is 10.5 Å². The maximum atomic E-state index is 13.4. The van der Waals surface area contributed by atoms with Crippen molar-refractivity contribution in [2.75, 3.05) is 18.4 Å². The molecule has 6 N–H and O–H groups in total. The van der Waals surface area contributed by atoms with Crippen LogP contribution in [0.5, 0.6) is 0 Å². The van der Waals surface area contributed by atoms with E-state index in [1.165, 1.54) is 4.90 Å². The summed E-state index contributed by atoms with van der Waals surface area (Å²) in [6.07, 6.45) is 2.63. The molecule has 0 radical (unpaired) electrons. The molecule has 0 aliphatic carbocycles. The average Bonchev–Trinajstić information content (AvgIpc) is 3.32. The minimum atomic E-state index is -0.992. The first-order valence-corrected chi connectivity index (χ1v) is 17.4. The van der Waals surface area contributed by atoms with E-state index in [0.717, 1.165) is 5.56 Å². The molecule has 14 nitrogen and oxygen atoms in total. The highest BCUT2D eigenvalue weighted by Crippen LogP contribution is 2.26. The molecule has 0 bridgehead atoms. The molecule has 1 aromatic carbocycles. The largest absolute Gasteiger partial charge is 0.460 e. The minimum absolute atomic E-state index is 0.0810. The van der Waals surface area contributed by atoms with Gasteiger partial charge in [-0.3, -0.25) is 33.7 Å². The summed E-state index contributed by atoms with van der Waals surface area (Å²) in [6.45, 7) is 13.3. The second-order valence-corrected chi connectivity index (χ2v) is 14.5. The molecule has 0 spiro atoms. The molecule has 14 heteroatoms. The van der Waals surface area contributed by atoms with Gasteiger partial charge in [-0.25, -0.2) is 4.79 Å². The summed E-state index contributed by atoms with van der Waals surface area (Å²) >= 11 is 0. The van der Waals surface area contributed by atoms with Crippen molar-refractivity contribution in [2.24, 2.45) is 28.9 Å². The van der Waals surface area contributed by atoms with Crippen molar-refractivity contribution in [2.45, 2.75) is 112 Å². The quantitative estimate of drug-likeness (QED) is 0.0820. The van der Waals surface area contributed by atoms with Crippen LogP contribution in [0.1, 0.15) is 99.0 Å². The Bertz CT molecular complexity index is 1360. The van der Waals surface area contributed by atoms with Crippen molar-refractivity contribution < 1.29 is 38.3 Å². The van der Waals surface area contributed by atoms with Crippen LogP contribution in [0.4, 0.5) is 10.5 Å². The van der Waals surface area contributed by atoms with Crippen molar-refractivity contribution in [3.8, 4) is 0 Å². The monoisotopic (exact) mass is 700 g/mol. The molecule has 1 saturated heterocycles. The van der Waals surface area contributed by atoms with Gasteiger partial charge in [0, 0.05) is 37.5 Å². The van der Waals surface area contributed by atoms with Crippen LogP contribution < -0.4 is 27.0 Å². The van der Waals surface area contributed by atoms with E-state index < -0.39 is 35.3 Å². The Morgan fingerprint density at radius 1 is 0.920 bits per heavy atom. The number of likely N-dealkylation sites (tertiary alicyclic amines) is 1. The molecule has 0 aromatic heterocycles. The van der Waals surface area contributed by atoms with E-state index in [0.29, 0.717) is 37.9 Å². The average molecular weight is 701 g/mol. The van der Waals surface area contributed by atoms with E-state index in [2.05, 4.69) is 21.3 Å². The molecule has 1 fully saturated rings. The number of hydrogen-bond acceptors (Lipinski definition) is 8. The smallest absolute Gasteiger partial charge is 0.312 e. The van der Waals surface area contributed by atoms with Crippen LogP contribution in [0.3, 0.4) is 0 Å². The number of nitrogens with zero attached hydrogens (tertiary/aromatic N) is 1. The highest BCUT2D eigenvalue weighted by Gasteiger charge is 2.39. The molecule has 3 atom stereocenters. The molecule has 1 aliphatic heterocycles. The number of esters is 1. The Labute approximate surface area is 295 Å². The number of hydrogen-bond donors (Lipinski definition) is 5. The Morgan fingerprint density at radius 2 is 1.58 bits per heavy atom. The van der Waals surface area contributed by atoms with Gasteiger partial charge in [0.2, 0.25) is 29.5 Å². The van der Waals surface area contributed by atoms with Crippen molar-refractivity contribution in [1.29, 1.82) is 0 Å². The van der Waals surface area contributed by atoms with Crippen LogP contribution in [-0.4, -0.2) is 71.6 Å². The number of primary amides is 1. The number of urea groups is 1. The van der Waals surface area contributed by atoms with Crippen LogP contribution in [0.25, 0.3) is 0 Å². The zero-order valence-electron chi connectivity index (χ0n) is 30.6. The summed E-state index contributed by atoms with van der Waals surface area (Å²) in [4.78, 5) is 88.9. The van der Waals surface area contributed by atoms with Crippen molar-refractivity contribution in [1.82, 2.24) is 20.9 Å². The number of amides is 7. The number of anilines is 1. The highest BCUT2D eigenvalue weighted by molar-refractivity contribution is 6.03. The van der Waals surface area contributed by atoms with Crippen molar-refractivity contribution >= 4 is 47.2 Å². The molecular formula is C36H56N6O8. The number of imide groups is 1. The lowest BCUT2D eigenvalue weighted by molar-refractivity contribution is -0.154. The molecule has 2 rings (SSSR count). The van der Waals surface area contributed by atoms with E-state index in [9.17, 15) is 33.6 Å². The number of unbranched alkanes of at least 4 members (excludes halogenated alkanes) is 2. The Kier molecular flexibility index (Phi) is 16.4. The van der Waals surface area contributed by atoms with Gasteiger partial charge in [0.05, 0.1) is 5.41 Å². The van der Waals surface area contributed by atoms with Gasteiger partial charge in [0.1, 0.15) is 18.7 Å². The van der Waals surface area contributed by atoms with E-state index in [-0.39, 0.29) is 73.9 Å². The molecule has 1 heterocycles. The van der Waals surface area contributed by atoms with Crippen molar-refractivity contribution in [3.63, 3.8) is 0 Å². The zero-order valence-corrected chi connectivity index (χ0v) is 30.6. The zero-order chi connectivity index (χ0) is 37.6. The number of nitrogens with one attached hydrogen (secondary N) is 4. The lowest BCUT2D eigenvalue weighted by Gasteiger charge is -2.25. The SMILES string of the molecule is CC(C)C1CC(=O)N(CCCCCC(=O)N[C@@H](C(=O)N[C@H](CCCNC(N)=O)C(=O)Nc2ccc(COC(=O)C(C)(C)C)cc2)C(C)C)C1=O. The number of benzene rings is 1. The highest BCUT2D eigenvalue weighted by atomic mass is 16.5. The van der Waals surface area contributed by atoms with Crippen LogP contribution in [-0.2, 0) is 40.1 Å². The number of carbonyl (C=O) groups excluding carboxylic acids is 7. The van der Waals surface area contributed by atoms with Gasteiger partial charge in [0.15, 0.2) is 0 Å². The van der Waals surface area contributed by atoms with Gasteiger partial charge < -0.3 is 31.7 Å². The summed E-state index contributed by atoms with van der Waals surface area (Å²) in [5, 5.41) is 10.8. The van der Waals surface area contributed by atoms with Crippen LogP contribution in [0, 0.1) is 23.2 Å². The van der Waals surface area contributed by atoms with Crippen LogP contribution in [0.2, 0.25) is 0 Å². The lowest BCUT2D eigenvalue weighted by atomic mass is 9.94. The first-order chi connectivity index (χ1) is 23.4. The maximum absolute atomic E-state index is 13.4. The second-order valence-electron chi connectivity index (χ2n) is 14.5. The van der Waals surface area contributed by atoms with Gasteiger partial charge in [0.25, 0.3) is 0 Å². The lowest BCUT2D eigenvalue weighted by Crippen LogP contribution is -2.54. The number of rotatable bonds is 19. The normalized spacial score (nSPS) is 15.9. The van der Waals surface area contributed by atoms with Gasteiger partial charge in [-0.15, -0.1) is 0 Å². The van der Waals surface area contributed by atoms with Crippen LogP contribution in [0.15, 0.2) is 24.3 Å². The number of nitrogens with two attached hydrogens (primary N) is 1. The predicted molar refractivity (Wildman–Crippen MR) is 188 cm³/mol. The number of ether oxygens (including phenoxy) is 1. The van der Waals surface area contributed by atoms with Gasteiger partial charge in [-0.05, 0) is 76.0 Å². The molecule has 1 aliphatic rings. The number of carbonyl (C=O) groups is 7. The third kappa shape index (κ3) is 13.8. The van der Waals surface area contributed by atoms with Gasteiger partial charge in [-0.1, -0.05) is 46.2 Å². The van der Waals surface area contributed by atoms with Gasteiger partial charge in [-0.2, -0.15) is 0 Å². The van der Waals surface area contributed by atoms with E-state index in [1.807, 2.05) is 13.8 Å². The minimum Gasteiger partial charge on any atom is -0.460 e. The fourth-order valence-corrected chi connectivity index (χ4v) is 5.30. The summed E-state index contributed by atoms with van der Waals surface area (Å²) in [6, 6.07) is 4.14. The molecular weight excluding hydrogens is 644 g/mol. The summed E-state index contributed by atoms with van der Waals surface area (Å²) < 4.78 is 5.34. The molecule has 278 valence electrons. The molecule has 1 unspecified atom stereocenters. The van der Waals surface area contributed by atoms with E-state index >= 15 is 0 Å². The third-order valence-electron chi connectivity index (χ3n) is 8.44. The maximum Gasteiger partial charge on any atom is 0.312 e. The second kappa shape index (κ2) is 19.6. The molecule has 7 amide bonds. The predicted octanol–water partition coefficient (Wildman–Crippen LogP) is 3.38. The summed E-state index contributed by atoms with van der Waals surface area (Å²) in [5.41, 5.74) is 5.72. The summed E-state index contributed by atoms with van der Waals surface area (Å²) in [7, 11) is 0. The Hall–Kier alpha value is -4.49. The Morgan fingerprint density at radius 3 is 2.14 bits per heavy atom. The molecule has 0 saturated carbocycles. The van der Waals surface area contributed by atoms with Crippen LogP contribution >= 0.6 is 0 Å². The van der Waals surface area contributed by atoms with Crippen molar-refractivity contribution in [3.05, 3.63) is 29.8 Å². The Balaban J connectivity index is 1.95. The summed E-state index contributed by atoms with van der Waals surface area (Å²) in [5.74, 6) is -2.42. The first kappa shape index (κ1) is 41.7. The topological polar surface area (TPSA) is 206 Å². The van der Waals surface area contributed by atoms with Gasteiger partial charge >= 0.3 is 12.0 Å². The standard InChI is InChI=1S/C36H56N6O8/c1-22(2)26-20-29(44)42(33(26)47)19-10-8-9-13-28(43)41-30(23(3)4)32(46)40-27(12-11-18-38-35(37)49)31(45)39-25-16-14-24(15-17-25)21-50-34(48)36(5,6)7/h14-17,22-23,26-27,30H,8-13,18-21H2,1-7H3,(H,39,45)(H,40,46)(H,41,43)(H3,37,38,49)/t26?,27-,30-/m1/s1. The fraction of sp³-hybridized carbons (Fsp3) is 0.639. The first-order valence-electron chi connectivity index (χ1n) is 17.4. The molecule has 50 heavy (non-hydrogen) atoms. The third-order valence-corrected chi connectivity index (χ3v) is 8.44. The molecule has 1 aromatic rings.